The van der Waals surface area contributed by atoms with Gasteiger partial charge in [-0.05, 0) is 26.1 Å². The van der Waals surface area contributed by atoms with Crippen molar-refractivity contribution in [2.75, 3.05) is 19.3 Å². The zero-order chi connectivity index (χ0) is 10.6. The minimum Gasteiger partial charge on any atom is -0.397 e. The van der Waals surface area contributed by atoms with Crippen LogP contribution in [0.25, 0.3) is 0 Å². The highest BCUT2D eigenvalue weighted by atomic mass is 35.5. The van der Waals surface area contributed by atoms with E-state index in [9.17, 15) is 5.11 Å². The van der Waals surface area contributed by atoms with E-state index in [2.05, 4.69) is 5.32 Å². The zero-order valence-electron chi connectivity index (χ0n) is 8.13. The van der Waals surface area contributed by atoms with Gasteiger partial charge < -0.3 is 16.2 Å². The van der Waals surface area contributed by atoms with Gasteiger partial charge in [0.05, 0.1) is 16.8 Å². The Hall–Kier alpha value is -0.770. The van der Waals surface area contributed by atoms with Gasteiger partial charge in [0.25, 0.3) is 0 Å². The summed E-state index contributed by atoms with van der Waals surface area (Å²) >= 11 is 5.84. The van der Waals surface area contributed by atoms with Crippen LogP contribution in [0, 0.1) is 0 Å². The zero-order valence-corrected chi connectivity index (χ0v) is 8.88. The van der Waals surface area contributed by atoms with Crippen LogP contribution in [0.15, 0.2) is 18.2 Å². The van der Waals surface area contributed by atoms with E-state index in [1.165, 1.54) is 0 Å². The maximum Gasteiger partial charge on any atom is 0.0822 e. The molecule has 14 heavy (non-hydrogen) atoms. The third-order valence-electron chi connectivity index (χ3n) is 2.11. The minimum absolute atomic E-state index is 0.470. The van der Waals surface area contributed by atoms with Gasteiger partial charge >= 0.3 is 0 Å². The third kappa shape index (κ3) is 2.61. The summed E-state index contributed by atoms with van der Waals surface area (Å²) in [6.07, 6.45) is 0.0715. The molecule has 0 aliphatic carbocycles. The fourth-order valence-corrected chi connectivity index (χ4v) is 1.46. The number of hydrogen-bond acceptors (Lipinski definition) is 3. The first-order valence-corrected chi connectivity index (χ1v) is 4.91. The van der Waals surface area contributed by atoms with Crippen LogP contribution in [0.2, 0.25) is 5.02 Å². The first-order chi connectivity index (χ1) is 6.66. The van der Waals surface area contributed by atoms with Crippen molar-refractivity contribution >= 4 is 17.3 Å². The molecule has 1 rings (SSSR count). The molecule has 4 N–H and O–H groups in total. The van der Waals surface area contributed by atoms with E-state index < -0.39 is 6.10 Å². The molecule has 0 saturated carbocycles. The minimum atomic E-state index is -0.554. The Morgan fingerprint density at radius 3 is 2.93 bits per heavy atom. The van der Waals surface area contributed by atoms with Crippen molar-refractivity contribution in [1.82, 2.24) is 5.32 Å². The molecule has 1 unspecified atom stereocenters. The Kier molecular flexibility index (Phi) is 4.20. The number of rotatable bonds is 4. The third-order valence-corrected chi connectivity index (χ3v) is 2.44. The molecular formula is C10H15ClN2O. The quantitative estimate of drug-likeness (QED) is 0.667. The Labute approximate surface area is 88.9 Å². The fraction of sp³-hybridized carbons (Fsp3) is 0.400. The van der Waals surface area contributed by atoms with E-state index in [1.807, 2.05) is 7.05 Å². The molecule has 1 aromatic rings. The van der Waals surface area contributed by atoms with Crippen LogP contribution in [0.4, 0.5) is 5.69 Å². The number of nitrogens with two attached hydrogens (primary N) is 1. The van der Waals surface area contributed by atoms with Gasteiger partial charge in [0.1, 0.15) is 0 Å². The van der Waals surface area contributed by atoms with Gasteiger partial charge in [-0.25, -0.2) is 0 Å². The number of anilines is 1. The number of halogens is 1. The maximum atomic E-state index is 9.78. The van der Waals surface area contributed by atoms with Crippen LogP contribution in [-0.4, -0.2) is 18.7 Å². The van der Waals surface area contributed by atoms with Crippen LogP contribution >= 0.6 is 11.6 Å². The van der Waals surface area contributed by atoms with Gasteiger partial charge in [-0.1, -0.05) is 23.7 Å². The van der Waals surface area contributed by atoms with Crippen LogP contribution < -0.4 is 11.1 Å². The Bertz CT molecular complexity index is 304. The van der Waals surface area contributed by atoms with E-state index in [4.69, 9.17) is 17.3 Å². The van der Waals surface area contributed by atoms with E-state index in [0.717, 1.165) is 6.54 Å². The lowest BCUT2D eigenvalue weighted by atomic mass is 10.0. The monoisotopic (exact) mass is 214 g/mol. The second-order valence-corrected chi connectivity index (χ2v) is 3.56. The SMILES string of the molecule is CNCCC(O)c1cccc(Cl)c1N. The average Bonchev–Trinajstić information content (AvgIpc) is 2.18. The highest BCUT2D eigenvalue weighted by molar-refractivity contribution is 6.33. The molecule has 0 spiro atoms. The Morgan fingerprint density at radius 2 is 2.29 bits per heavy atom. The predicted molar refractivity (Wildman–Crippen MR) is 59.4 cm³/mol. The molecule has 0 amide bonds. The maximum absolute atomic E-state index is 9.78. The normalized spacial score (nSPS) is 12.8. The molecule has 78 valence electrons. The van der Waals surface area contributed by atoms with Gasteiger partial charge in [0, 0.05) is 5.56 Å². The van der Waals surface area contributed by atoms with Gasteiger partial charge in [-0.2, -0.15) is 0 Å². The number of hydrogen-bond donors (Lipinski definition) is 3. The topological polar surface area (TPSA) is 58.3 Å². The van der Waals surface area contributed by atoms with E-state index in [1.54, 1.807) is 18.2 Å². The Morgan fingerprint density at radius 1 is 1.57 bits per heavy atom. The number of benzene rings is 1. The van der Waals surface area contributed by atoms with E-state index in [-0.39, 0.29) is 0 Å². The fourth-order valence-electron chi connectivity index (χ4n) is 1.28. The lowest BCUT2D eigenvalue weighted by molar-refractivity contribution is 0.168. The molecule has 1 atom stereocenters. The van der Waals surface area contributed by atoms with Crippen molar-refractivity contribution in [3.63, 3.8) is 0 Å². The van der Waals surface area contributed by atoms with Gasteiger partial charge in [0.2, 0.25) is 0 Å². The molecule has 0 aliphatic heterocycles. The van der Waals surface area contributed by atoms with Gasteiger partial charge in [-0.15, -0.1) is 0 Å². The number of nitrogens with one attached hydrogen (secondary N) is 1. The summed E-state index contributed by atoms with van der Waals surface area (Å²) in [5, 5.41) is 13.2. The summed E-state index contributed by atoms with van der Waals surface area (Å²) in [6.45, 7) is 0.743. The lowest BCUT2D eigenvalue weighted by Gasteiger charge is -2.13. The molecule has 0 fully saturated rings. The lowest BCUT2D eigenvalue weighted by Crippen LogP contribution is -2.13. The molecule has 0 aliphatic rings. The van der Waals surface area contributed by atoms with Crippen molar-refractivity contribution in [2.24, 2.45) is 0 Å². The van der Waals surface area contributed by atoms with Crippen molar-refractivity contribution in [3.8, 4) is 0 Å². The molecular weight excluding hydrogens is 200 g/mol. The molecule has 0 bridgehead atoms. The van der Waals surface area contributed by atoms with Crippen molar-refractivity contribution in [2.45, 2.75) is 12.5 Å². The highest BCUT2D eigenvalue weighted by Gasteiger charge is 2.11. The second kappa shape index (κ2) is 5.20. The van der Waals surface area contributed by atoms with Crippen molar-refractivity contribution < 1.29 is 5.11 Å². The largest absolute Gasteiger partial charge is 0.397 e. The van der Waals surface area contributed by atoms with E-state index in [0.29, 0.717) is 22.7 Å². The first-order valence-electron chi connectivity index (χ1n) is 4.53. The number of para-hydroxylation sites is 1. The predicted octanol–water partition coefficient (Wildman–Crippen LogP) is 1.57. The summed E-state index contributed by atoms with van der Waals surface area (Å²) in [5.74, 6) is 0. The summed E-state index contributed by atoms with van der Waals surface area (Å²) in [7, 11) is 1.84. The van der Waals surface area contributed by atoms with E-state index >= 15 is 0 Å². The molecule has 3 nitrogen and oxygen atoms in total. The summed E-state index contributed by atoms with van der Waals surface area (Å²) in [5.41, 5.74) is 6.91. The molecule has 1 aromatic carbocycles. The molecule has 0 heterocycles. The summed E-state index contributed by atoms with van der Waals surface area (Å²) < 4.78 is 0. The first kappa shape index (κ1) is 11.3. The number of nitrogen functional groups attached to an aromatic ring is 1. The molecule has 0 saturated heterocycles. The average molecular weight is 215 g/mol. The summed E-state index contributed by atoms with van der Waals surface area (Å²) in [4.78, 5) is 0. The van der Waals surface area contributed by atoms with Crippen LogP contribution in [-0.2, 0) is 0 Å². The van der Waals surface area contributed by atoms with Crippen LogP contribution in [0.5, 0.6) is 0 Å². The number of aliphatic hydroxyl groups excluding tert-OH is 1. The molecule has 0 radical (unpaired) electrons. The van der Waals surface area contributed by atoms with Crippen molar-refractivity contribution in [1.29, 1.82) is 0 Å². The van der Waals surface area contributed by atoms with Gasteiger partial charge in [0.15, 0.2) is 0 Å². The molecule has 4 heteroatoms. The van der Waals surface area contributed by atoms with Crippen molar-refractivity contribution in [3.05, 3.63) is 28.8 Å². The van der Waals surface area contributed by atoms with Gasteiger partial charge in [-0.3, -0.25) is 0 Å². The standard InChI is InChI=1S/C10H15ClN2O/c1-13-6-5-9(14)7-3-2-4-8(11)10(7)12/h2-4,9,13-14H,5-6,12H2,1H3. The summed E-state index contributed by atoms with van der Waals surface area (Å²) in [6, 6.07) is 5.29. The Balaban J connectivity index is 2.79. The molecule has 0 aromatic heterocycles. The smallest absolute Gasteiger partial charge is 0.0822 e. The van der Waals surface area contributed by atoms with Crippen LogP contribution in [0.3, 0.4) is 0 Å². The number of aliphatic hydroxyl groups is 1. The highest BCUT2D eigenvalue weighted by Crippen LogP contribution is 2.28. The second-order valence-electron chi connectivity index (χ2n) is 3.15. The van der Waals surface area contributed by atoms with Crippen LogP contribution in [0.1, 0.15) is 18.1 Å².